The Balaban J connectivity index is 1.38. The first-order chi connectivity index (χ1) is 20.7. The summed E-state index contributed by atoms with van der Waals surface area (Å²) in [5, 5.41) is 32.5. The van der Waals surface area contributed by atoms with Gasteiger partial charge in [-0.1, -0.05) is 0 Å². The number of hydrogen-bond acceptors (Lipinski definition) is 13. The highest BCUT2D eigenvalue weighted by Gasteiger charge is 2.55. The van der Waals surface area contributed by atoms with Gasteiger partial charge in [0.1, 0.15) is 18.3 Å². The van der Waals surface area contributed by atoms with Crippen LogP contribution in [0.3, 0.4) is 0 Å². The molecule has 2 fully saturated rings. The van der Waals surface area contributed by atoms with Crippen LogP contribution in [0.25, 0.3) is 0 Å². The Hall–Kier alpha value is -3.33. The highest BCUT2D eigenvalue weighted by atomic mass is 16.7. The lowest BCUT2D eigenvalue weighted by Crippen LogP contribution is -2.56. The second-order valence-corrected chi connectivity index (χ2v) is 10.8. The topological polar surface area (TPSA) is 161 Å². The summed E-state index contributed by atoms with van der Waals surface area (Å²) in [5.41, 5.74) is 2.02. The maximum atomic E-state index is 13.4. The number of esters is 1. The molecule has 0 spiro atoms. The number of rotatable bonds is 9. The van der Waals surface area contributed by atoms with E-state index in [0.29, 0.717) is 34.8 Å². The zero-order valence-corrected chi connectivity index (χ0v) is 24.3. The Morgan fingerprint density at radius 2 is 1.63 bits per heavy atom. The summed E-state index contributed by atoms with van der Waals surface area (Å²) >= 11 is 0. The first kappa shape index (κ1) is 29.7. The van der Waals surface area contributed by atoms with Gasteiger partial charge in [-0.15, -0.1) is 0 Å². The molecule has 3 aliphatic heterocycles. The normalized spacial score (nSPS) is 31.6. The highest BCUT2D eigenvalue weighted by Crippen LogP contribution is 2.56. The molecular formula is C30H36O13. The maximum absolute atomic E-state index is 13.4. The molecule has 6 rings (SSSR count). The minimum atomic E-state index is -1.45. The van der Waals surface area contributed by atoms with Crippen molar-refractivity contribution >= 4 is 5.97 Å². The third-order valence-electron chi connectivity index (χ3n) is 8.46. The Kier molecular flexibility index (Phi) is 8.28. The first-order valence-electron chi connectivity index (χ1n) is 14.2. The van der Waals surface area contributed by atoms with Crippen molar-refractivity contribution in [3.05, 3.63) is 41.0 Å². The van der Waals surface area contributed by atoms with E-state index >= 15 is 0 Å². The lowest BCUT2D eigenvalue weighted by molar-refractivity contribution is -0.310. The van der Waals surface area contributed by atoms with Gasteiger partial charge in [-0.05, 0) is 54.8 Å². The fraction of sp³-hybridized carbons (Fsp3) is 0.567. The first-order valence-corrected chi connectivity index (χ1v) is 14.2. The van der Waals surface area contributed by atoms with Crippen molar-refractivity contribution in [3.63, 3.8) is 0 Å². The van der Waals surface area contributed by atoms with Gasteiger partial charge in [0.15, 0.2) is 35.6 Å². The van der Waals surface area contributed by atoms with Crippen molar-refractivity contribution in [2.24, 2.45) is 11.8 Å². The molecule has 9 unspecified atom stereocenters. The molecule has 2 aromatic carbocycles. The summed E-state index contributed by atoms with van der Waals surface area (Å²) in [6.45, 7) is 3.97. The number of benzene rings is 2. The number of aliphatic hydroxyl groups excluding tert-OH is 2. The third-order valence-corrected chi connectivity index (χ3v) is 8.46. The number of phenolic OH excluding ortho intramolecular Hbond substituents is 1. The van der Waals surface area contributed by atoms with Crippen LogP contribution in [0.15, 0.2) is 24.3 Å². The van der Waals surface area contributed by atoms with Gasteiger partial charge in [-0.25, -0.2) is 0 Å². The number of cyclic esters (lactones) is 1. The second-order valence-electron chi connectivity index (χ2n) is 10.8. The number of fused-ring (bicyclic) bond motifs is 3. The summed E-state index contributed by atoms with van der Waals surface area (Å²) in [5.74, 6) is -1.02. The molecule has 234 valence electrons. The Morgan fingerprint density at radius 3 is 2.28 bits per heavy atom. The van der Waals surface area contributed by atoms with E-state index in [9.17, 15) is 20.1 Å². The average molecular weight is 605 g/mol. The number of carbonyl (C=O) groups excluding carboxylic acids is 1. The highest BCUT2D eigenvalue weighted by molar-refractivity contribution is 5.79. The number of ether oxygens (including phenoxy) is 9. The van der Waals surface area contributed by atoms with E-state index in [1.54, 1.807) is 31.2 Å². The smallest absolute Gasteiger partial charge is 0.310 e. The van der Waals surface area contributed by atoms with E-state index < -0.39 is 60.7 Å². The molecule has 9 atom stereocenters. The van der Waals surface area contributed by atoms with E-state index in [0.717, 1.165) is 0 Å². The molecule has 13 nitrogen and oxygen atoms in total. The van der Waals surface area contributed by atoms with E-state index in [-0.39, 0.29) is 37.3 Å². The van der Waals surface area contributed by atoms with E-state index in [2.05, 4.69) is 0 Å². The minimum Gasteiger partial charge on any atom is -0.502 e. The fourth-order valence-corrected chi connectivity index (χ4v) is 6.45. The van der Waals surface area contributed by atoms with Crippen molar-refractivity contribution in [2.75, 3.05) is 40.8 Å². The van der Waals surface area contributed by atoms with Crippen molar-refractivity contribution in [3.8, 4) is 28.7 Å². The van der Waals surface area contributed by atoms with Gasteiger partial charge >= 0.3 is 5.97 Å². The van der Waals surface area contributed by atoms with Crippen LogP contribution in [0.5, 0.6) is 28.7 Å². The van der Waals surface area contributed by atoms with E-state index in [4.69, 9.17) is 42.6 Å². The van der Waals surface area contributed by atoms with Crippen molar-refractivity contribution < 1.29 is 62.7 Å². The number of hydrogen-bond donors (Lipinski definition) is 3. The molecule has 3 heterocycles. The summed E-state index contributed by atoms with van der Waals surface area (Å²) in [4.78, 5) is 13.4. The molecule has 2 saturated heterocycles. The van der Waals surface area contributed by atoms with Gasteiger partial charge in [-0.3, -0.25) is 4.79 Å². The zero-order chi connectivity index (χ0) is 30.4. The van der Waals surface area contributed by atoms with Crippen LogP contribution >= 0.6 is 0 Å². The maximum Gasteiger partial charge on any atom is 0.310 e. The number of aliphatic hydroxyl groups is 2. The quantitative estimate of drug-likeness (QED) is 0.282. The molecule has 2 aromatic rings. The Bertz CT molecular complexity index is 1320. The summed E-state index contributed by atoms with van der Waals surface area (Å²) in [6, 6.07) is 6.92. The Labute approximate surface area is 248 Å². The van der Waals surface area contributed by atoms with Crippen LogP contribution < -0.4 is 18.9 Å². The monoisotopic (exact) mass is 604 g/mol. The minimum absolute atomic E-state index is 0.0301. The second kappa shape index (κ2) is 12.0. The van der Waals surface area contributed by atoms with Crippen LogP contribution in [0, 0.1) is 11.8 Å². The van der Waals surface area contributed by atoms with Crippen molar-refractivity contribution in [1.29, 1.82) is 0 Å². The van der Waals surface area contributed by atoms with Gasteiger partial charge in [0.05, 0.1) is 39.5 Å². The molecule has 0 amide bonds. The summed E-state index contributed by atoms with van der Waals surface area (Å²) in [6.07, 6.45) is -6.24. The van der Waals surface area contributed by atoms with E-state index in [1.165, 1.54) is 14.2 Å². The molecule has 4 aliphatic rings. The van der Waals surface area contributed by atoms with Crippen LogP contribution in [0.1, 0.15) is 42.6 Å². The molecule has 0 radical (unpaired) electrons. The molecule has 3 N–H and O–H groups in total. The molecule has 0 bridgehead atoms. The van der Waals surface area contributed by atoms with Gasteiger partial charge < -0.3 is 58.0 Å². The lowest BCUT2D eigenvalue weighted by Gasteiger charge is -2.43. The van der Waals surface area contributed by atoms with Crippen LogP contribution in [0.2, 0.25) is 0 Å². The average Bonchev–Trinajstić information content (AvgIpc) is 3.62. The largest absolute Gasteiger partial charge is 0.502 e. The van der Waals surface area contributed by atoms with Crippen molar-refractivity contribution in [1.82, 2.24) is 0 Å². The fourth-order valence-electron chi connectivity index (χ4n) is 6.45. The van der Waals surface area contributed by atoms with Gasteiger partial charge in [0, 0.05) is 18.4 Å². The number of phenols is 1. The zero-order valence-electron chi connectivity index (χ0n) is 24.3. The molecule has 1 aliphatic carbocycles. The van der Waals surface area contributed by atoms with Gasteiger partial charge in [0.25, 0.3) is 0 Å². The SMILES string of the molecule is CCOC(C)OC1COC(OC2c3cc4c(cc3C(c3cc(OC)c(O)c(OC)c3)C3C(=O)OCC23)OCO4)C(O)C1O. The predicted molar refractivity (Wildman–Crippen MR) is 145 cm³/mol. The standard InChI is InChI=1S/C30H36O13/c1-5-37-13(2)42-22-11-39-30(27(33)26(22)32)43-28-16-9-19-18(40-12-41-19)8-15(16)23(24-17(28)10-38-29(24)34)14-6-20(35-3)25(31)21(7-14)36-4/h6-9,13,17,22-24,26-28,30-33H,5,10-12H2,1-4H3. The van der Waals surface area contributed by atoms with Crippen LogP contribution in [-0.4, -0.2) is 93.0 Å². The van der Waals surface area contributed by atoms with Crippen LogP contribution in [-0.2, 0) is 28.5 Å². The van der Waals surface area contributed by atoms with Crippen LogP contribution in [0.4, 0.5) is 0 Å². The lowest BCUT2D eigenvalue weighted by atomic mass is 9.66. The summed E-state index contributed by atoms with van der Waals surface area (Å²) < 4.78 is 51.2. The number of aromatic hydroxyl groups is 1. The van der Waals surface area contributed by atoms with E-state index in [1.807, 2.05) is 6.92 Å². The molecule has 0 aromatic heterocycles. The third kappa shape index (κ3) is 5.23. The number of carbonyl (C=O) groups is 1. The molecule has 0 saturated carbocycles. The molecule has 43 heavy (non-hydrogen) atoms. The molecule has 13 heteroatoms. The van der Waals surface area contributed by atoms with Gasteiger partial charge in [-0.2, -0.15) is 0 Å². The Morgan fingerprint density at radius 1 is 0.953 bits per heavy atom. The molecular weight excluding hydrogens is 568 g/mol. The van der Waals surface area contributed by atoms with Gasteiger partial charge in [0.2, 0.25) is 12.5 Å². The van der Waals surface area contributed by atoms with Crippen molar-refractivity contribution in [2.45, 2.75) is 56.8 Å². The summed E-state index contributed by atoms with van der Waals surface area (Å²) in [7, 11) is 2.86. The predicted octanol–water partition coefficient (Wildman–Crippen LogP) is 1.98. The number of methoxy groups -OCH3 is 2.